The molecule has 2 aromatic rings. The van der Waals surface area contributed by atoms with E-state index in [2.05, 4.69) is 25.6 Å². The predicted molar refractivity (Wildman–Crippen MR) is 128 cm³/mol. The number of nitrogens with two attached hydrogens (primary N) is 3. The van der Waals surface area contributed by atoms with Gasteiger partial charge in [0.25, 0.3) is 5.91 Å². The first-order valence-corrected chi connectivity index (χ1v) is 10.8. The van der Waals surface area contributed by atoms with Crippen LogP contribution in [0.4, 0.5) is 11.6 Å². The van der Waals surface area contributed by atoms with E-state index in [9.17, 15) is 4.79 Å². The number of guanidine groups is 1. The molecule has 0 spiro atoms. The molecule has 0 saturated heterocycles. The van der Waals surface area contributed by atoms with Gasteiger partial charge in [-0.3, -0.25) is 9.79 Å². The van der Waals surface area contributed by atoms with Gasteiger partial charge in [-0.25, -0.2) is 9.97 Å². The molecule has 0 radical (unpaired) electrons. The minimum atomic E-state index is -0.491. The Balaban J connectivity index is 1.83. The number of nitrogens with zero attached hydrogens (tertiary/aromatic N) is 3. The van der Waals surface area contributed by atoms with E-state index in [1.54, 1.807) is 7.11 Å². The minimum Gasteiger partial charge on any atom is -0.497 e. The summed E-state index contributed by atoms with van der Waals surface area (Å²) in [5, 5.41) is 5.86. The Morgan fingerprint density at radius 1 is 1.22 bits per heavy atom. The number of ether oxygens (including phenoxy) is 1. The number of nitrogen functional groups attached to an aromatic ring is 2. The molecule has 2 rings (SSSR count). The number of amides is 1. The summed E-state index contributed by atoms with van der Waals surface area (Å²) in [6.45, 7) is 2.94. The van der Waals surface area contributed by atoms with Crippen molar-refractivity contribution in [2.45, 2.75) is 38.6 Å². The van der Waals surface area contributed by atoms with Crippen LogP contribution in [0.2, 0.25) is 5.15 Å². The number of anilines is 2. The lowest BCUT2D eigenvalue weighted by Crippen LogP contribution is -2.46. The van der Waals surface area contributed by atoms with Crippen molar-refractivity contribution in [1.82, 2.24) is 20.6 Å². The number of carbonyl (C=O) groups excluding carboxylic acids is 1. The molecule has 0 aliphatic rings. The fourth-order valence-electron chi connectivity index (χ4n) is 3.01. The Bertz CT molecular complexity index is 921. The van der Waals surface area contributed by atoms with E-state index in [0.29, 0.717) is 19.0 Å². The van der Waals surface area contributed by atoms with Crippen LogP contribution in [0.1, 0.15) is 42.2 Å². The molecule has 0 unspecified atom stereocenters. The summed E-state index contributed by atoms with van der Waals surface area (Å²) >= 11 is 5.84. The van der Waals surface area contributed by atoms with E-state index in [1.165, 1.54) is 5.56 Å². The number of hydrogen-bond acceptors (Lipinski definition) is 7. The predicted octanol–water partition coefficient (Wildman–Crippen LogP) is 1.74. The van der Waals surface area contributed by atoms with Crippen molar-refractivity contribution in [3.8, 4) is 5.75 Å². The summed E-state index contributed by atoms with van der Waals surface area (Å²) in [5.41, 5.74) is 18.4. The molecule has 10 nitrogen and oxygen atoms in total. The molecule has 0 saturated carbocycles. The third kappa shape index (κ3) is 7.77. The summed E-state index contributed by atoms with van der Waals surface area (Å²) in [4.78, 5) is 24.5. The normalized spacial score (nSPS) is 12.3. The van der Waals surface area contributed by atoms with Crippen molar-refractivity contribution >= 4 is 35.1 Å². The van der Waals surface area contributed by atoms with Crippen molar-refractivity contribution in [3.05, 3.63) is 40.7 Å². The second-order valence-corrected chi connectivity index (χ2v) is 7.55. The number of benzene rings is 1. The van der Waals surface area contributed by atoms with Gasteiger partial charge >= 0.3 is 0 Å². The van der Waals surface area contributed by atoms with Gasteiger partial charge in [0.1, 0.15) is 5.75 Å². The van der Waals surface area contributed by atoms with Crippen LogP contribution in [0.3, 0.4) is 0 Å². The molecule has 1 amide bonds. The average molecular weight is 463 g/mol. The summed E-state index contributed by atoms with van der Waals surface area (Å²) in [7, 11) is 1.65. The van der Waals surface area contributed by atoms with Crippen LogP contribution in [0.5, 0.6) is 5.75 Å². The molecule has 0 fully saturated rings. The summed E-state index contributed by atoms with van der Waals surface area (Å²) in [6, 6.07) is 7.85. The van der Waals surface area contributed by atoms with E-state index >= 15 is 0 Å². The van der Waals surface area contributed by atoms with E-state index in [-0.39, 0.29) is 28.5 Å². The Morgan fingerprint density at radius 2 is 1.94 bits per heavy atom. The fraction of sp³-hybridized carbons (Fsp3) is 0.429. The van der Waals surface area contributed by atoms with Crippen molar-refractivity contribution in [3.63, 3.8) is 0 Å². The van der Waals surface area contributed by atoms with E-state index < -0.39 is 5.91 Å². The average Bonchev–Trinajstić information content (AvgIpc) is 2.78. The molecule has 8 N–H and O–H groups in total. The Kier molecular flexibility index (Phi) is 9.80. The van der Waals surface area contributed by atoms with Crippen molar-refractivity contribution < 1.29 is 9.53 Å². The smallest absolute Gasteiger partial charge is 0.273 e. The number of aromatic nitrogens is 2. The highest BCUT2D eigenvalue weighted by atomic mass is 35.5. The van der Waals surface area contributed by atoms with Crippen LogP contribution in [0, 0.1) is 0 Å². The van der Waals surface area contributed by atoms with Crippen LogP contribution in [-0.2, 0) is 6.42 Å². The van der Waals surface area contributed by atoms with Gasteiger partial charge in [0.05, 0.1) is 7.11 Å². The lowest BCUT2D eigenvalue weighted by Gasteiger charge is -2.19. The molecule has 11 heteroatoms. The van der Waals surface area contributed by atoms with Gasteiger partial charge in [0.2, 0.25) is 0 Å². The van der Waals surface area contributed by atoms with Gasteiger partial charge in [0.15, 0.2) is 28.4 Å². The molecule has 1 aromatic carbocycles. The van der Waals surface area contributed by atoms with Gasteiger partial charge in [0, 0.05) is 19.1 Å². The number of aliphatic imine (C=N–C) groups is 1. The molecular formula is C21H31ClN8O2. The first-order valence-electron chi connectivity index (χ1n) is 10.4. The molecule has 1 heterocycles. The van der Waals surface area contributed by atoms with Crippen molar-refractivity contribution in [2.24, 2.45) is 10.7 Å². The van der Waals surface area contributed by atoms with E-state index in [0.717, 1.165) is 31.4 Å². The molecule has 174 valence electrons. The Hall–Kier alpha value is -3.27. The number of nitrogens with one attached hydrogen (secondary N) is 2. The first-order chi connectivity index (χ1) is 15.3. The number of methoxy groups -OCH3 is 1. The first kappa shape index (κ1) is 25.0. The van der Waals surface area contributed by atoms with Crippen LogP contribution in [0.25, 0.3) is 0 Å². The third-order valence-electron chi connectivity index (χ3n) is 4.68. The number of aryl methyl sites for hydroxylation is 1. The summed E-state index contributed by atoms with van der Waals surface area (Å²) < 4.78 is 5.16. The summed E-state index contributed by atoms with van der Waals surface area (Å²) in [5.74, 6) is 0.574. The van der Waals surface area contributed by atoms with Crippen molar-refractivity contribution in [2.75, 3.05) is 31.7 Å². The second-order valence-electron chi connectivity index (χ2n) is 7.19. The molecule has 0 aliphatic heterocycles. The van der Waals surface area contributed by atoms with E-state index in [1.807, 2.05) is 31.2 Å². The van der Waals surface area contributed by atoms with Crippen LogP contribution in [-0.4, -0.2) is 48.1 Å². The standard InChI is InChI=1S/C21H31ClN8O2/c1-3-5-14(12-27-20(31)16-18(23)30-19(24)17(22)29-16)28-21(25)26-11-4-6-13-7-9-15(32-2)10-8-13/h7-10,14H,3-6,11-12H2,1-2H3,(H,27,31)(H4,23,24,30)(H3,25,26,28)/t14-/m0/s1. The lowest BCUT2D eigenvalue weighted by atomic mass is 10.1. The molecule has 1 aromatic heterocycles. The van der Waals surface area contributed by atoms with Gasteiger partial charge in [-0.2, -0.15) is 0 Å². The number of carbonyl (C=O) groups is 1. The number of hydrogen-bond donors (Lipinski definition) is 5. The maximum Gasteiger partial charge on any atom is 0.273 e. The molecule has 32 heavy (non-hydrogen) atoms. The number of halogens is 1. The Labute approximate surface area is 193 Å². The zero-order valence-corrected chi connectivity index (χ0v) is 19.2. The molecular weight excluding hydrogens is 432 g/mol. The van der Waals surface area contributed by atoms with E-state index in [4.69, 9.17) is 33.5 Å². The zero-order chi connectivity index (χ0) is 23.5. The van der Waals surface area contributed by atoms with Crippen LogP contribution in [0.15, 0.2) is 29.3 Å². The number of rotatable bonds is 11. The molecule has 0 aliphatic carbocycles. The highest BCUT2D eigenvalue weighted by molar-refractivity contribution is 6.31. The maximum atomic E-state index is 12.4. The maximum absolute atomic E-state index is 12.4. The van der Waals surface area contributed by atoms with Gasteiger partial charge in [-0.05, 0) is 37.0 Å². The van der Waals surface area contributed by atoms with Gasteiger partial charge in [-0.15, -0.1) is 0 Å². The minimum absolute atomic E-state index is 0.0257. The molecule has 1 atom stereocenters. The highest BCUT2D eigenvalue weighted by Crippen LogP contribution is 2.17. The topological polar surface area (TPSA) is 167 Å². The molecule has 0 bridgehead atoms. The Morgan fingerprint density at radius 3 is 2.59 bits per heavy atom. The quantitative estimate of drug-likeness (QED) is 0.191. The largest absolute Gasteiger partial charge is 0.497 e. The monoisotopic (exact) mass is 462 g/mol. The van der Waals surface area contributed by atoms with Crippen molar-refractivity contribution in [1.29, 1.82) is 0 Å². The van der Waals surface area contributed by atoms with Gasteiger partial charge < -0.3 is 32.6 Å². The zero-order valence-electron chi connectivity index (χ0n) is 18.4. The third-order valence-corrected chi connectivity index (χ3v) is 4.96. The SMILES string of the molecule is CCC[C@@H](CNC(=O)c1nc(Cl)c(N)nc1N)NC(N)=NCCCc1ccc(OC)cc1. The second kappa shape index (κ2) is 12.6. The summed E-state index contributed by atoms with van der Waals surface area (Å²) in [6.07, 6.45) is 3.43. The fourth-order valence-corrected chi connectivity index (χ4v) is 3.14. The van der Waals surface area contributed by atoms with Crippen LogP contribution < -0.4 is 32.6 Å². The van der Waals surface area contributed by atoms with Crippen LogP contribution >= 0.6 is 11.6 Å². The highest BCUT2D eigenvalue weighted by Gasteiger charge is 2.17. The lowest BCUT2D eigenvalue weighted by molar-refractivity contribution is 0.0945. The van der Waals surface area contributed by atoms with Gasteiger partial charge in [-0.1, -0.05) is 37.1 Å².